The Morgan fingerprint density at radius 2 is 1.69 bits per heavy atom. The van der Waals surface area contributed by atoms with Gasteiger partial charge in [0.25, 0.3) is 11.2 Å². The molecule has 0 unspecified atom stereocenters. The topological polar surface area (TPSA) is 78.0 Å². The van der Waals surface area contributed by atoms with Crippen molar-refractivity contribution in [2.24, 2.45) is 0 Å². The molecule has 6 nitrogen and oxygen atoms in total. The van der Waals surface area contributed by atoms with Crippen LogP contribution in [-0.4, -0.2) is 14.5 Å². The summed E-state index contributed by atoms with van der Waals surface area (Å²) in [5.41, 5.74) is 1.91. The van der Waals surface area contributed by atoms with Crippen molar-refractivity contribution in [2.75, 3.05) is 0 Å². The highest BCUT2D eigenvalue weighted by molar-refractivity contribution is 9.10. The molecule has 0 aliphatic rings. The fraction of sp³-hybridized carbons (Fsp3) is 0. The Morgan fingerprint density at radius 1 is 0.966 bits per heavy atom. The van der Waals surface area contributed by atoms with Crippen LogP contribution in [0.2, 0.25) is 0 Å². The van der Waals surface area contributed by atoms with Gasteiger partial charge in [0.1, 0.15) is 5.82 Å². The maximum absolute atomic E-state index is 13.2. The third-order valence-electron chi connectivity index (χ3n) is 4.40. The number of benzene rings is 3. The van der Waals surface area contributed by atoms with Crippen molar-refractivity contribution >= 4 is 44.7 Å². The van der Waals surface area contributed by atoms with Crippen LogP contribution in [0.5, 0.6) is 0 Å². The van der Waals surface area contributed by atoms with Gasteiger partial charge in [-0.2, -0.15) is 0 Å². The molecule has 1 aromatic heterocycles. The van der Waals surface area contributed by atoms with Crippen molar-refractivity contribution in [1.29, 1.82) is 0 Å². The van der Waals surface area contributed by atoms with Crippen LogP contribution in [0.25, 0.3) is 28.7 Å². The molecule has 0 spiro atoms. The molecule has 0 saturated carbocycles. The molecule has 7 heteroatoms. The SMILES string of the molecule is O=c1c2cc(Br)ccc2nc(C=Cc2ccc([N+](=O)[O-])cc2)n1-c1ccccc1. The summed E-state index contributed by atoms with van der Waals surface area (Å²) >= 11 is 3.41. The van der Waals surface area contributed by atoms with E-state index in [2.05, 4.69) is 20.9 Å². The molecule has 4 aromatic rings. The fourth-order valence-electron chi connectivity index (χ4n) is 2.99. The third-order valence-corrected chi connectivity index (χ3v) is 4.89. The predicted molar refractivity (Wildman–Crippen MR) is 117 cm³/mol. The van der Waals surface area contributed by atoms with Gasteiger partial charge in [-0.25, -0.2) is 4.98 Å². The van der Waals surface area contributed by atoms with Crippen molar-refractivity contribution in [3.63, 3.8) is 0 Å². The molecule has 0 aliphatic heterocycles. The molecule has 0 saturated heterocycles. The van der Waals surface area contributed by atoms with Crippen LogP contribution in [0, 0.1) is 10.1 Å². The lowest BCUT2D eigenvalue weighted by atomic mass is 10.2. The summed E-state index contributed by atoms with van der Waals surface area (Å²) in [6.07, 6.45) is 3.51. The van der Waals surface area contributed by atoms with E-state index in [-0.39, 0.29) is 11.2 Å². The lowest BCUT2D eigenvalue weighted by Crippen LogP contribution is -2.22. The van der Waals surface area contributed by atoms with Gasteiger partial charge in [0.05, 0.1) is 21.5 Å². The molecule has 0 radical (unpaired) electrons. The van der Waals surface area contributed by atoms with Crippen molar-refractivity contribution in [1.82, 2.24) is 9.55 Å². The van der Waals surface area contributed by atoms with E-state index >= 15 is 0 Å². The number of aromatic nitrogens is 2. The zero-order valence-electron chi connectivity index (χ0n) is 15.0. The van der Waals surface area contributed by atoms with Crippen LogP contribution in [0.4, 0.5) is 5.69 Å². The van der Waals surface area contributed by atoms with E-state index in [4.69, 9.17) is 0 Å². The van der Waals surface area contributed by atoms with Crippen molar-refractivity contribution in [3.05, 3.63) is 109 Å². The Kier molecular flexibility index (Phi) is 5.05. The number of para-hydroxylation sites is 1. The first-order chi connectivity index (χ1) is 14.0. The summed E-state index contributed by atoms with van der Waals surface area (Å²) in [6.45, 7) is 0. The highest BCUT2D eigenvalue weighted by Gasteiger charge is 2.11. The van der Waals surface area contributed by atoms with Gasteiger partial charge < -0.3 is 0 Å². The van der Waals surface area contributed by atoms with Crippen molar-refractivity contribution in [2.45, 2.75) is 0 Å². The van der Waals surface area contributed by atoms with Gasteiger partial charge in [0, 0.05) is 16.6 Å². The molecule has 0 bridgehead atoms. The molecule has 0 aliphatic carbocycles. The van der Waals surface area contributed by atoms with E-state index in [1.807, 2.05) is 36.4 Å². The molecule has 0 fully saturated rings. The monoisotopic (exact) mass is 447 g/mol. The molecule has 4 rings (SSSR count). The summed E-state index contributed by atoms with van der Waals surface area (Å²) in [4.78, 5) is 28.3. The van der Waals surface area contributed by atoms with Crippen molar-refractivity contribution in [3.8, 4) is 5.69 Å². The van der Waals surface area contributed by atoms with E-state index in [0.717, 1.165) is 10.0 Å². The second kappa shape index (κ2) is 7.81. The number of nitrogens with zero attached hydrogens (tertiary/aromatic N) is 3. The van der Waals surface area contributed by atoms with Gasteiger partial charge in [-0.05, 0) is 54.1 Å². The van der Waals surface area contributed by atoms with Gasteiger partial charge in [-0.1, -0.05) is 40.2 Å². The Bertz CT molecular complexity index is 1300. The molecule has 29 heavy (non-hydrogen) atoms. The fourth-order valence-corrected chi connectivity index (χ4v) is 3.35. The summed E-state index contributed by atoms with van der Waals surface area (Å²) in [6, 6.07) is 20.9. The van der Waals surface area contributed by atoms with Crippen LogP contribution < -0.4 is 5.56 Å². The standard InChI is InChI=1S/C22H14BrN3O3/c23-16-9-12-20-19(14-16)22(27)25(17-4-2-1-3-5-17)21(24-20)13-8-15-6-10-18(11-7-15)26(28)29/h1-14H. The van der Waals surface area contributed by atoms with Crippen molar-refractivity contribution < 1.29 is 4.92 Å². The minimum absolute atomic E-state index is 0.0257. The van der Waals surface area contributed by atoms with E-state index in [9.17, 15) is 14.9 Å². The quantitative estimate of drug-likeness (QED) is 0.317. The highest BCUT2D eigenvalue weighted by Crippen LogP contribution is 2.19. The van der Waals surface area contributed by atoms with E-state index in [0.29, 0.717) is 22.4 Å². The second-order valence-electron chi connectivity index (χ2n) is 6.29. The van der Waals surface area contributed by atoms with Crippen LogP contribution in [-0.2, 0) is 0 Å². The molecular formula is C22H14BrN3O3. The van der Waals surface area contributed by atoms with Gasteiger partial charge in [-0.15, -0.1) is 0 Å². The molecule has 0 atom stereocenters. The number of hydrogen-bond donors (Lipinski definition) is 0. The number of rotatable bonds is 4. The number of hydrogen-bond acceptors (Lipinski definition) is 4. The van der Waals surface area contributed by atoms with Gasteiger partial charge in [0.2, 0.25) is 0 Å². The summed E-state index contributed by atoms with van der Waals surface area (Å²) in [7, 11) is 0. The summed E-state index contributed by atoms with van der Waals surface area (Å²) < 4.78 is 2.36. The van der Waals surface area contributed by atoms with Crippen LogP contribution >= 0.6 is 15.9 Å². The molecule has 3 aromatic carbocycles. The van der Waals surface area contributed by atoms with Gasteiger partial charge >= 0.3 is 0 Å². The smallest absolute Gasteiger partial charge is 0.268 e. The largest absolute Gasteiger partial charge is 0.269 e. The molecule has 0 amide bonds. The lowest BCUT2D eigenvalue weighted by Gasteiger charge is -2.11. The first-order valence-corrected chi connectivity index (χ1v) is 9.52. The molecule has 142 valence electrons. The van der Waals surface area contributed by atoms with E-state index < -0.39 is 4.92 Å². The summed E-state index contributed by atoms with van der Waals surface area (Å²) in [5.74, 6) is 0.467. The Morgan fingerprint density at radius 3 is 2.38 bits per heavy atom. The average Bonchev–Trinajstić information content (AvgIpc) is 2.74. The highest BCUT2D eigenvalue weighted by atomic mass is 79.9. The number of halogens is 1. The molecule has 1 heterocycles. The molecule has 0 N–H and O–H groups in total. The zero-order chi connectivity index (χ0) is 20.4. The van der Waals surface area contributed by atoms with E-state index in [1.165, 1.54) is 12.1 Å². The Balaban J connectivity index is 1.87. The third kappa shape index (κ3) is 3.86. The van der Waals surface area contributed by atoms with Gasteiger partial charge in [-0.3, -0.25) is 19.5 Å². The Hall–Kier alpha value is -3.58. The van der Waals surface area contributed by atoms with Crippen LogP contribution in [0.15, 0.2) is 82.1 Å². The minimum Gasteiger partial charge on any atom is -0.268 e. The van der Waals surface area contributed by atoms with Crippen LogP contribution in [0.3, 0.4) is 0 Å². The average molecular weight is 448 g/mol. The molecular weight excluding hydrogens is 434 g/mol. The van der Waals surface area contributed by atoms with Gasteiger partial charge in [0.15, 0.2) is 0 Å². The maximum Gasteiger partial charge on any atom is 0.269 e. The number of nitro groups is 1. The second-order valence-corrected chi connectivity index (χ2v) is 7.21. The number of fused-ring (bicyclic) bond motifs is 1. The van der Waals surface area contributed by atoms with Crippen LogP contribution in [0.1, 0.15) is 11.4 Å². The Labute approximate surface area is 174 Å². The predicted octanol–water partition coefficient (Wildman–Crippen LogP) is 5.23. The first kappa shape index (κ1) is 18.8. The summed E-state index contributed by atoms with van der Waals surface area (Å²) in [5, 5.41) is 11.3. The number of nitro benzene ring substituents is 1. The lowest BCUT2D eigenvalue weighted by molar-refractivity contribution is -0.384. The van der Waals surface area contributed by atoms with E-state index in [1.54, 1.807) is 41.0 Å². The minimum atomic E-state index is -0.441. The first-order valence-electron chi connectivity index (χ1n) is 8.73. The number of non-ortho nitro benzene ring substituents is 1. The maximum atomic E-state index is 13.2. The normalized spacial score (nSPS) is 11.2. The zero-order valence-corrected chi connectivity index (χ0v) is 16.6.